The Morgan fingerprint density at radius 2 is 2.23 bits per heavy atom. The molecule has 0 radical (unpaired) electrons. The van der Waals surface area contributed by atoms with E-state index in [9.17, 15) is 9.65 Å². The molecule has 1 aliphatic heterocycles. The number of aromatic nitrogens is 2. The van der Waals surface area contributed by atoms with E-state index in [1.165, 1.54) is 19.2 Å². The second kappa shape index (κ2) is 6.48. The Morgan fingerprint density at radius 3 is 3.00 bits per heavy atom. The maximum Gasteiger partial charge on any atom is 0.233 e. The summed E-state index contributed by atoms with van der Waals surface area (Å²) >= 11 is 0. The maximum atomic E-state index is 13.6. The summed E-state index contributed by atoms with van der Waals surface area (Å²) in [5.74, 6) is 0.768. The first-order valence-corrected chi connectivity index (χ1v) is 8.12. The van der Waals surface area contributed by atoms with Crippen LogP contribution in [0.2, 0.25) is 0 Å². The number of nitrogens with zero attached hydrogens (tertiary/aromatic N) is 4. The minimum atomic E-state index is -0.322. The van der Waals surface area contributed by atoms with Crippen LogP contribution in [0.3, 0.4) is 0 Å². The molecule has 3 aromatic rings. The van der Waals surface area contributed by atoms with Gasteiger partial charge in [-0.3, -0.25) is 0 Å². The van der Waals surface area contributed by atoms with Gasteiger partial charge in [0.2, 0.25) is 5.88 Å². The van der Waals surface area contributed by atoms with Gasteiger partial charge in [0.15, 0.2) is 0 Å². The minimum Gasteiger partial charge on any atom is -0.480 e. The molecule has 7 heteroatoms. The van der Waals surface area contributed by atoms with Crippen molar-refractivity contribution in [1.29, 1.82) is 5.26 Å². The number of hydrogen-bond donors (Lipinski definition) is 0. The van der Waals surface area contributed by atoms with Crippen LogP contribution in [0.25, 0.3) is 11.3 Å². The lowest BCUT2D eigenvalue weighted by Crippen LogP contribution is -2.30. The number of rotatable bonds is 3. The van der Waals surface area contributed by atoms with Gasteiger partial charge in [0.1, 0.15) is 28.9 Å². The standard InChI is InChI=1S/C19H15FN4O2/c1-25-19-14(10-21)16(5-7-22-19)24-8-6-17-15(11-24)18(23-26-17)12-3-2-4-13(20)9-12/h2-5,7,9H,6,8,11H2,1H3. The molecule has 0 amide bonds. The van der Waals surface area contributed by atoms with Crippen molar-refractivity contribution < 1.29 is 13.7 Å². The number of anilines is 1. The second-order valence-corrected chi connectivity index (χ2v) is 5.94. The first-order chi connectivity index (χ1) is 12.7. The van der Waals surface area contributed by atoms with E-state index in [1.54, 1.807) is 24.4 Å². The summed E-state index contributed by atoms with van der Waals surface area (Å²) in [7, 11) is 1.49. The predicted molar refractivity (Wildman–Crippen MR) is 92.2 cm³/mol. The number of fused-ring (bicyclic) bond motifs is 1. The topological polar surface area (TPSA) is 75.2 Å². The summed E-state index contributed by atoms with van der Waals surface area (Å²) in [6.45, 7) is 1.18. The molecule has 0 N–H and O–H groups in total. The molecule has 130 valence electrons. The largest absolute Gasteiger partial charge is 0.480 e. The molecule has 1 aliphatic rings. The van der Waals surface area contributed by atoms with Gasteiger partial charge in [0.25, 0.3) is 0 Å². The highest BCUT2D eigenvalue weighted by Crippen LogP contribution is 2.34. The fourth-order valence-electron chi connectivity index (χ4n) is 3.23. The monoisotopic (exact) mass is 350 g/mol. The molecule has 6 nitrogen and oxygen atoms in total. The normalized spacial score (nSPS) is 13.2. The molecule has 0 aliphatic carbocycles. The Bertz CT molecular complexity index is 1010. The Morgan fingerprint density at radius 1 is 1.35 bits per heavy atom. The van der Waals surface area contributed by atoms with E-state index in [-0.39, 0.29) is 5.82 Å². The van der Waals surface area contributed by atoms with Crippen LogP contribution in [0.15, 0.2) is 41.1 Å². The average molecular weight is 350 g/mol. The van der Waals surface area contributed by atoms with Gasteiger partial charge >= 0.3 is 0 Å². The van der Waals surface area contributed by atoms with E-state index in [4.69, 9.17) is 9.26 Å². The molecule has 0 bridgehead atoms. The fourth-order valence-corrected chi connectivity index (χ4v) is 3.23. The van der Waals surface area contributed by atoms with E-state index in [1.807, 2.05) is 0 Å². The summed E-state index contributed by atoms with van der Waals surface area (Å²) in [6, 6.07) is 10.2. The van der Waals surface area contributed by atoms with E-state index < -0.39 is 0 Å². The number of benzene rings is 1. The van der Waals surface area contributed by atoms with Crippen LogP contribution in [0.1, 0.15) is 16.9 Å². The third-order valence-corrected chi connectivity index (χ3v) is 4.47. The lowest BCUT2D eigenvalue weighted by atomic mass is 10.0. The third-order valence-electron chi connectivity index (χ3n) is 4.47. The molecular formula is C19H15FN4O2. The van der Waals surface area contributed by atoms with Gasteiger partial charge < -0.3 is 14.2 Å². The van der Waals surface area contributed by atoms with Gasteiger partial charge in [-0.2, -0.15) is 5.26 Å². The molecule has 0 unspecified atom stereocenters. The third kappa shape index (κ3) is 2.65. The number of ether oxygens (including phenoxy) is 1. The van der Waals surface area contributed by atoms with Gasteiger partial charge in [-0.1, -0.05) is 17.3 Å². The number of nitriles is 1. The highest BCUT2D eigenvalue weighted by atomic mass is 19.1. The van der Waals surface area contributed by atoms with Gasteiger partial charge in [-0.25, -0.2) is 9.37 Å². The van der Waals surface area contributed by atoms with E-state index in [0.29, 0.717) is 42.2 Å². The summed E-state index contributed by atoms with van der Waals surface area (Å²) in [6.07, 6.45) is 2.26. The Balaban J connectivity index is 1.73. The fraction of sp³-hybridized carbons (Fsp3) is 0.211. The van der Waals surface area contributed by atoms with Crippen molar-refractivity contribution in [3.63, 3.8) is 0 Å². The minimum absolute atomic E-state index is 0.298. The first-order valence-electron chi connectivity index (χ1n) is 8.12. The smallest absolute Gasteiger partial charge is 0.233 e. The Kier molecular flexibility index (Phi) is 4.01. The molecule has 3 heterocycles. The zero-order valence-corrected chi connectivity index (χ0v) is 14.1. The van der Waals surface area contributed by atoms with E-state index in [0.717, 1.165) is 17.0 Å². The van der Waals surface area contributed by atoms with E-state index >= 15 is 0 Å². The Labute approximate surface area is 149 Å². The van der Waals surface area contributed by atoms with E-state index in [2.05, 4.69) is 21.1 Å². The first kappa shape index (κ1) is 16.1. The van der Waals surface area contributed by atoms with Crippen LogP contribution in [-0.2, 0) is 13.0 Å². The lowest BCUT2D eigenvalue weighted by Gasteiger charge is -2.29. The zero-order chi connectivity index (χ0) is 18.1. The van der Waals surface area contributed by atoms with Crippen LogP contribution in [0, 0.1) is 17.1 Å². The molecule has 0 saturated carbocycles. The van der Waals surface area contributed by atoms with Crippen molar-refractivity contribution >= 4 is 5.69 Å². The van der Waals surface area contributed by atoms with Gasteiger partial charge in [0.05, 0.1) is 12.8 Å². The molecule has 2 aromatic heterocycles. The van der Waals surface area contributed by atoms with Crippen molar-refractivity contribution in [2.75, 3.05) is 18.6 Å². The molecule has 0 fully saturated rings. The molecule has 0 spiro atoms. The number of pyridine rings is 1. The van der Waals surface area contributed by atoms with Gasteiger partial charge in [-0.05, 0) is 18.2 Å². The zero-order valence-electron chi connectivity index (χ0n) is 14.1. The molecular weight excluding hydrogens is 335 g/mol. The number of hydrogen-bond acceptors (Lipinski definition) is 6. The van der Waals surface area contributed by atoms with Crippen LogP contribution >= 0.6 is 0 Å². The van der Waals surface area contributed by atoms with Crippen LogP contribution in [-0.4, -0.2) is 23.8 Å². The molecule has 0 atom stereocenters. The molecule has 26 heavy (non-hydrogen) atoms. The lowest BCUT2D eigenvalue weighted by molar-refractivity contribution is 0.378. The maximum absolute atomic E-state index is 13.6. The number of halogens is 1. The Hall–Kier alpha value is -3.40. The SMILES string of the molecule is COc1nccc(N2CCc3onc(-c4cccc(F)c4)c3C2)c1C#N. The van der Waals surface area contributed by atoms with Crippen molar-refractivity contribution in [3.8, 4) is 23.2 Å². The van der Waals surface area contributed by atoms with Crippen molar-refractivity contribution in [1.82, 2.24) is 10.1 Å². The van der Waals surface area contributed by atoms with Gasteiger partial charge in [0, 0.05) is 36.8 Å². The second-order valence-electron chi connectivity index (χ2n) is 5.94. The van der Waals surface area contributed by atoms with Crippen LogP contribution in [0.4, 0.5) is 10.1 Å². The molecule has 0 saturated heterocycles. The highest BCUT2D eigenvalue weighted by Gasteiger charge is 2.27. The molecule has 4 rings (SSSR count). The quantitative estimate of drug-likeness (QED) is 0.721. The summed E-state index contributed by atoms with van der Waals surface area (Å²) in [5.41, 5.74) is 3.34. The van der Waals surface area contributed by atoms with Crippen molar-refractivity contribution in [3.05, 3.63) is 59.2 Å². The number of methoxy groups -OCH3 is 1. The predicted octanol–water partition coefficient (Wildman–Crippen LogP) is 3.32. The highest BCUT2D eigenvalue weighted by molar-refractivity contribution is 5.68. The molecule has 1 aromatic carbocycles. The van der Waals surface area contributed by atoms with Crippen LogP contribution in [0.5, 0.6) is 5.88 Å². The summed E-state index contributed by atoms with van der Waals surface area (Å²) in [5, 5.41) is 13.7. The average Bonchev–Trinajstić information content (AvgIpc) is 3.10. The van der Waals surface area contributed by atoms with Crippen molar-refractivity contribution in [2.24, 2.45) is 0 Å². The van der Waals surface area contributed by atoms with Gasteiger partial charge in [-0.15, -0.1) is 0 Å². The summed E-state index contributed by atoms with van der Waals surface area (Å²) in [4.78, 5) is 6.15. The van der Waals surface area contributed by atoms with Crippen LogP contribution < -0.4 is 9.64 Å². The van der Waals surface area contributed by atoms with Crippen molar-refractivity contribution in [2.45, 2.75) is 13.0 Å². The summed E-state index contributed by atoms with van der Waals surface area (Å²) < 4.78 is 24.3.